The molecule has 2 rings (SSSR count). The Kier molecular flexibility index (Phi) is 6.12. The second-order valence-electron chi connectivity index (χ2n) is 4.98. The first-order valence-electron chi connectivity index (χ1n) is 6.94. The first-order valence-corrected chi connectivity index (χ1v) is 7.82. The molecule has 1 amide bonds. The zero-order chi connectivity index (χ0) is 16.8. The van der Waals surface area contributed by atoms with Crippen LogP contribution in [0.15, 0.2) is 60.7 Å². The lowest BCUT2D eigenvalue weighted by Gasteiger charge is -2.31. The second kappa shape index (κ2) is 8.07. The van der Waals surface area contributed by atoms with Crippen molar-refractivity contribution in [1.82, 2.24) is 4.90 Å². The summed E-state index contributed by atoms with van der Waals surface area (Å²) in [6, 6.07) is 16.8. The molecule has 5 nitrogen and oxygen atoms in total. The normalized spacial score (nSPS) is 13.0. The van der Waals surface area contributed by atoms with Crippen molar-refractivity contribution in [3.8, 4) is 0 Å². The van der Waals surface area contributed by atoms with E-state index in [9.17, 15) is 14.7 Å². The van der Waals surface area contributed by atoms with E-state index in [4.69, 9.17) is 0 Å². The highest BCUT2D eigenvalue weighted by atomic mass is 127. The molecule has 0 bridgehead atoms. The molecule has 2 atom stereocenters. The smallest absolute Gasteiger partial charge is 0.346 e. The second-order valence-corrected chi connectivity index (χ2v) is 5.42. The Morgan fingerprint density at radius 1 is 1.04 bits per heavy atom. The van der Waals surface area contributed by atoms with Gasteiger partial charge in [0.15, 0.2) is 29.1 Å². The van der Waals surface area contributed by atoms with Crippen LogP contribution in [0.1, 0.15) is 22.0 Å². The first-order chi connectivity index (χ1) is 11.1. The summed E-state index contributed by atoms with van der Waals surface area (Å²) in [5.41, 5.74) is 1.12. The molecule has 0 fully saturated rings. The minimum atomic E-state index is -1.48. The number of hydrogen-bond donors (Lipinski definition) is 1. The van der Waals surface area contributed by atoms with Gasteiger partial charge >= 0.3 is 5.97 Å². The van der Waals surface area contributed by atoms with Gasteiger partial charge in [-0.2, -0.15) is 0 Å². The van der Waals surface area contributed by atoms with Crippen molar-refractivity contribution in [2.45, 2.75) is 12.1 Å². The molecule has 0 aliphatic carbocycles. The minimum Gasteiger partial charge on any atom is -0.393 e. The van der Waals surface area contributed by atoms with Crippen molar-refractivity contribution >= 4 is 34.9 Å². The van der Waals surface area contributed by atoms with E-state index < -0.39 is 18.1 Å². The zero-order valence-electron chi connectivity index (χ0n) is 12.4. The maximum absolute atomic E-state index is 12.6. The Balaban J connectivity index is 2.37. The number of nitrogens with zero attached hydrogens (tertiary/aromatic N) is 1. The Hall–Kier alpha value is -1.93. The third kappa shape index (κ3) is 4.08. The quantitative estimate of drug-likeness (QED) is 0.749. The van der Waals surface area contributed by atoms with E-state index >= 15 is 0 Å². The van der Waals surface area contributed by atoms with Gasteiger partial charge in [-0.05, 0) is 17.7 Å². The Morgan fingerprint density at radius 2 is 1.57 bits per heavy atom. The Bertz CT molecular complexity index is 663. The number of benzene rings is 2. The highest BCUT2D eigenvalue weighted by Crippen LogP contribution is 2.26. The fraction of sp³-hybridized carbons (Fsp3) is 0.176. The van der Waals surface area contributed by atoms with Gasteiger partial charge in [0.1, 0.15) is 0 Å². The molecule has 23 heavy (non-hydrogen) atoms. The van der Waals surface area contributed by atoms with Crippen molar-refractivity contribution in [1.29, 1.82) is 0 Å². The SMILES string of the molecule is CN(C(=O)c1ccccc1)[C@@H](c1ccccc1)[C@@H](O)C(=O)OI. The number of hydrogen-bond acceptors (Lipinski definition) is 4. The van der Waals surface area contributed by atoms with Crippen LogP contribution in [-0.2, 0) is 7.86 Å². The van der Waals surface area contributed by atoms with Gasteiger partial charge in [0.2, 0.25) is 0 Å². The third-order valence-electron chi connectivity index (χ3n) is 3.52. The maximum atomic E-state index is 12.6. The number of amides is 1. The molecule has 0 saturated heterocycles. The fourth-order valence-corrected chi connectivity index (χ4v) is 2.61. The molecule has 0 spiro atoms. The van der Waals surface area contributed by atoms with Gasteiger partial charge in [0.05, 0.1) is 6.04 Å². The summed E-state index contributed by atoms with van der Waals surface area (Å²) in [7, 11) is 1.55. The van der Waals surface area contributed by atoms with Crippen LogP contribution >= 0.6 is 23.0 Å². The molecule has 0 saturated carbocycles. The van der Waals surface area contributed by atoms with E-state index in [1.165, 1.54) is 27.9 Å². The topological polar surface area (TPSA) is 66.8 Å². The molecule has 120 valence electrons. The highest BCUT2D eigenvalue weighted by molar-refractivity contribution is 14.1. The molecule has 6 heteroatoms. The molecule has 0 aliphatic heterocycles. The Labute approximate surface area is 148 Å². The molecule has 0 radical (unpaired) electrons. The summed E-state index contributed by atoms with van der Waals surface area (Å²) in [5, 5.41) is 10.3. The predicted octanol–water partition coefficient (Wildman–Crippen LogP) is 2.75. The fourth-order valence-electron chi connectivity index (χ4n) is 2.35. The summed E-state index contributed by atoms with van der Waals surface area (Å²) in [5.74, 6) is -1.09. The number of rotatable bonds is 5. The molecule has 0 unspecified atom stereocenters. The molecular formula is C17H16INO4. The molecule has 0 heterocycles. The summed E-state index contributed by atoms with van der Waals surface area (Å²) in [4.78, 5) is 25.8. The van der Waals surface area contributed by atoms with Crippen LogP contribution in [0.4, 0.5) is 0 Å². The van der Waals surface area contributed by atoms with Gasteiger partial charge in [-0.3, -0.25) is 4.79 Å². The maximum Gasteiger partial charge on any atom is 0.346 e. The summed E-state index contributed by atoms with van der Waals surface area (Å²) < 4.78 is 4.59. The number of likely N-dealkylation sites (N-methyl/N-ethyl adjacent to an activating group) is 1. The Morgan fingerprint density at radius 3 is 2.09 bits per heavy atom. The van der Waals surface area contributed by atoms with E-state index in [0.29, 0.717) is 11.1 Å². The van der Waals surface area contributed by atoms with Crippen LogP contribution in [0.2, 0.25) is 0 Å². The molecule has 0 aromatic heterocycles. The van der Waals surface area contributed by atoms with Crippen molar-refractivity contribution in [3.63, 3.8) is 0 Å². The van der Waals surface area contributed by atoms with Crippen LogP contribution in [0, 0.1) is 0 Å². The summed E-state index contributed by atoms with van der Waals surface area (Å²) in [6.07, 6.45) is -1.48. The van der Waals surface area contributed by atoms with Crippen molar-refractivity contribution in [2.24, 2.45) is 0 Å². The van der Waals surface area contributed by atoms with Crippen LogP contribution in [0.25, 0.3) is 0 Å². The lowest BCUT2D eigenvalue weighted by molar-refractivity contribution is -0.143. The van der Waals surface area contributed by atoms with E-state index in [1.807, 2.05) is 12.1 Å². The number of carbonyl (C=O) groups is 2. The van der Waals surface area contributed by atoms with Crippen LogP contribution < -0.4 is 0 Å². The van der Waals surface area contributed by atoms with Crippen LogP contribution in [0.3, 0.4) is 0 Å². The van der Waals surface area contributed by atoms with Crippen LogP contribution in [-0.4, -0.2) is 35.0 Å². The number of halogens is 1. The minimum absolute atomic E-state index is 0.292. The molecule has 2 aromatic rings. The van der Waals surface area contributed by atoms with E-state index in [0.717, 1.165) is 0 Å². The number of aliphatic hydroxyl groups excluding tert-OH is 1. The van der Waals surface area contributed by atoms with Gasteiger partial charge in [-0.25, -0.2) is 4.79 Å². The lowest BCUT2D eigenvalue weighted by atomic mass is 9.99. The van der Waals surface area contributed by atoms with Gasteiger partial charge < -0.3 is 13.1 Å². The van der Waals surface area contributed by atoms with Gasteiger partial charge in [0.25, 0.3) is 5.91 Å². The zero-order valence-corrected chi connectivity index (χ0v) is 14.6. The predicted molar refractivity (Wildman–Crippen MR) is 93.8 cm³/mol. The first kappa shape index (κ1) is 17.4. The number of aliphatic hydroxyl groups is 1. The lowest BCUT2D eigenvalue weighted by Crippen LogP contribution is -2.41. The van der Waals surface area contributed by atoms with Gasteiger partial charge in [0, 0.05) is 12.6 Å². The van der Waals surface area contributed by atoms with E-state index in [2.05, 4.69) is 3.07 Å². The molecule has 2 aromatic carbocycles. The molecular weight excluding hydrogens is 409 g/mol. The highest BCUT2D eigenvalue weighted by Gasteiger charge is 2.34. The van der Waals surface area contributed by atoms with Gasteiger partial charge in [-0.1, -0.05) is 48.5 Å². The average molecular weight is 425 g/mol. The van der Waals surface area contributed by atoms with E-state index in [-0.39, 0.29) is 5.91 Å². The molecule has 0 aliphatic rings. The van der Waals surface area contributed by atoms with Crippen molar-refractivity contribution < 1.29 is 17.8 Å². The van der Waals surface area contributed by atoms with Crippen molar-refractivity contribution in [3.05, 3.63) is 71.8 Å². The number of carbonyl (C=O) groups excluding carboxylic acids is 2. The van der Waals surface area contributed by atoms with Crippen molar-refractivity contribution in [2.75, 3.05) is 7.05 Å². The largest absolute Gasteiger partial charge is 0.393 e. The standard InChI is InChI=1S/C17H16INO4/c1-19(16(21)13-10-6-3-7-11-13)14(15(20)17(22)23-18)12-8-4-2-5-9-12/h2-11,14-15,20H,1H3/t14-,15+/m0/s1. The molecule has 1 N–H and O–H groups in total. The van der Waals surface area contributed by atoms with E-state index in [1.54, 1.807) is 55.6 Å². The average Bonchev–Trinajstić information content (AvgIpc) is 2.62. The third-order valence-corrected chi connectivity index (χ3v) is 3.95. The summed E-state index contributed by atoms with van der Waals surface area (Å²) >= 11 is 1.42. The van der Waals surface area contributed by atoms with Gasteiger partial charge in [-0.15, -0.1) is 0 Å². The summed E-state index contributed by atoms with van der Waals surface area (Å²) in [6.45, 7) is 0. The van der Waals surface area contributed by atoms with Crippen LogP contribution in [0.5, 0.6) is 0 Å². The monoisotopic (exact) mass is 425 g/mol.